The molecule has 2 aromatic carbocycles. The van der Waals surface area contributed by atoms with Crippen LogP contribution in [-0.4, -0.2) is 24.0 Å². The van der Waals surface area contributed by atoms with Crippen LogP contribution in [0.2, 0.25) is 0 Å². The van der Waals surface area contributed by atoms with Crippen LogP contribution in [0.25, 0.3) is 0 Å². The van der Waals surface area contributed by atoms with Gasteiger partial charge in [0.2, 0.25) is 0 Å². The molecule has 4 nitrogen and oxygen atoms in total. The van der Waals surface area contributed by atoms with E-state index >= 15 is 0 Å². The number of para-hydroxylation sites is 1. The second-order valence-electron chi connectivity index (χ2n) is 4.73. The fourth-order valence-electron chi connectivity index (χ4n) is 2.15. The molecule has 0 aliphatic rings. The van der Waals surface area contributed by atoms with Crippen molar-refractivity contribution in [1.82, 2.24) is 0 Å². The SMILES string of the molecule is CN(C(=O)c1ccccc1C(F)(F)F)c1ccccc1C(=O)O. The zero-order chi connectivity index (χ0) is 17.2. The number of rotatable bonds is 3. The van der Waals surface area contributed by atoms with Gasteiger partial charge in [-0.2, -0.15) is 13.2 Å². The first kappa shape index (κ1) is 16.5. The van der Waals surface area contributed by atoms with Crippen molar-refractivity contribution in [3.05, 3.63) is 65.2 Å². The predicted molar refractivity (Wildman–Crippen MR) is 77.6 cm³/mol. The van der Waals surface area contributed by atoms with Crippen molar-refractivity contribution in [2.24, 2.45) is 0 Å². The number of hydrogen-bond donors (Lipinski definition) is 1. The molecule has 0 aliphatic heterocycles. The zero-order valence-electron chi connectivity index (χ0n) is 12.0. The fourth-order valence-corrected chi connectivity index (χ4v) is 2.15. The van der Waals surface area contributed by atoms with Gasteiger partial charge in [-0.05, 0) is 24.3 Å². The fraction of sp³-hybridized carbons (Fsp3) is 0.125. The van der Waals surface area contributed by atoms with Crippen molar-refractivity contribution in [3.63, 3.8) is 0 Å². The zero-order valence-corrected chi connectivity index (χ0v) is 12.0. The number of carbonyl (C=O) groups is 2. The number of carbonyl (C=O) groups excluding carboxylic acids is 1. The highest BCUT2D eigenvalue weighted by molar-refractivity contribution is 6.09. The molecule has 120 valence electrons. The standard InChI is InChI=1S/C16H12F3NO3/c1-20(13-9-5-3-7-11(13)15(22)23)14(21)10-6-2-4-8-12(10)16(17,18)19/h2-9H,1H3,(H,22,23). The maximum absolute atomic E-state index is 13.0. The molecule has 0 fully saturated rings. The Kier molecular flexibility index (Phi) is 4.40. The summed E-state index contributed by atoms with van der Waals surface area (Å²) in [4.78, 5) is 24.5. The number of anilines is 1. The molecule has 7 heteroatoms. The monoisotopic (exact) mass is 323 g/mol. The molecule has 2 rings (SSSR count). The highest BCUT2D eigenvalue weighted by atomic mass is 19.4. The molecule has 0 bridgehead atoms. The lowest BCUT2D eigenvalue weighted by atomic mass is 10.0. The number of nitrogens with zero attached hydrogens (tertiary/aromatic N) is 1. The molecule has 23 heavy (non-hydrogen) atoms. The molecular weight excluding hydrogens is 311 g/mol. The lowest BCUT2D eigenvalue weighted by Crippen LogP contribution is -2.30. The van der Waals surface area contributed by atoms with E-state index in [0.717, 1.165) is 17.0 Å². The van der Waals surface area contributed by atoms with E-state index in [1.54, 1.807) is 0 Å². The van der Waals surface area contributed by atoms with Crippen molar-refractivity contribution in [2.45, 2.75) is 6.18 Å². The van der Waals surface area contributed by atoms with Crippen LogP contribution in [0.3, 0.4) is 0 Å². The summed E-state index contributed by atoms with van der Waals surface area (Å²) in [5, 5.41) is 9.13. The first-order valence-corrected chi connectivity index (χ1v) is 6.50. The molecule has 0 unspecified atom stereocenters. The van der Waals surface area contributed by atoms with Gasteiger partial charge in [0.1, 0.15) is 0 Å². The van der Waals surface area contributed by atoms with Gasteiger partial charge in [-0.15, -0.1) is 0 Å². The summed E-state index contributed by atoms with van der Waals surface area (Å²) in [6.45, 7) is 0. The number of aromatic carboxylic acids is 1. The van der Waals surface area contributed by atoms with E-state index in [-0.39, 0.29) is 11.3 Å². The third-order valence-corrected chi connectivity index (χ3v) is 3.26. The van der Waals surface area contributed by atoms with Gasteiger partial charge in [0, 0.05) is 7.05 Å². The van der Waals surface area contributed by atoms with Gasteiger partial charge in [-0.25, -0.2) is 4.79 Å². The van der Waals surface area contributed by atoms with Crippen LogP contribution in [-0.2, 0) is 6.18 Å². The Balaban J connectivity index is 2.49. The number of carboxylic acid groups (broad SMARTS) is 1. The summed E-state index contributed by atoms with van der Waals surface area (Å²) in [6.07, 6.45) is -4.68. The van der Waals surface area contributed by atoms with Crippen LogP contribution in [0, 0.1) is 0 Å². The van der Waals surface area contributed by atoms with Gasteiger partial charge in [0.15, 0.2) is 0 Å². The average Bonchev–Trinajstić information content (AvgIpc) is 2.52. The van der Waals surface area contributed by atoms with Crippen LogP contribution in [0.1, 0.15) is 26.3 Å². The third-order valence-electron chi connectivity index (χ3n) is 3.26. The minimum absolute atomic E-state index is 0.0157. The van der Waals surface area contributed by atoms with Crippen molar-refractivity contribution in [1.29, 1.82) is 0 Å². The summed E-state index contributed by atoms with van der Waals surface area (Å²) >= 11 is 0. The summed E-state index contributed by atoms with van der Waals surface area (Å²) in [6, 6.07) is 9.98. The Bertz CT molecular complexity index is 756. The number of benzene rings is 2. The Labute approximate surface area is 129 Å². The number of alkyl halides is 3. The van der Waals surface area contributed by atoms with E-state index in [4.69, 9.17) is 5.11 Å². The maximum Gasteiger partial charge on any atom is 0.417 e. The summed E-state index contributed by atoms with van der Waals surface area (Å²) in [5.41, 5.74) is -1.76. The van der Waals surface area contributed by atoms with Crippen LogP contribution >= 0.6 is 0 Å². The number of halogens is 3. The van der Waals surface area contributed by atoms with E-state index in [9.17, 15) is 22.8 Å². The van der Waals surface area contributed by atoms with E-state index in [1.807, 2.05) is 0 Å². The molecule has 0 aromatic heterocycles. The Morgan fingerprint density at radius 1 is 0.957 bits per heavy atom. The average molecular weight is 323 g/mol. The molecule has 0 heterocycles. The molecule has 0 radical (unpaired) electrons. The second kappa shape index (κ2) is 6.12. The molecule has 0 spiro atoms. The van der Waals surface area contributed by atoms with Crippen LogP contribution < -0.4 is 4.90 Å². The van der Waals surface area contributed by atoms with Gasteiger partial charge >= 0.3 is 12.1 Å². The van der Waals surface area contributed by atoms with Crippen LogP contribution in [0.5, 0.6) is 0 Å². The Morgan fingerprint density at radius 2 is 1.48 bits per heavy atom. The quantitative estimate of drug-likeness (QED) is 0.937. The van der Waals surface area contributed by atoms with Crippen molar-refractivity contribution in [2.75, 3.05) is 11.9 Å². The highest BCUT2D eigenvalue weighted by Crippen LogP contribution is 2.33. The van der Waals surface area contributed by atoms with Gasteiger partial charge in [0.25, 0.3) is 5.91 Å². The lowest BCUT2D eigenvalue weighted by molar-refractivity contribution is -0.137. The van der Waals surface area contributed by atoms with Gasteiger partial charge in [-0.3, -0.25) is 4.79 Å². The minimum Gasteiger partial charge on any atom is -0.478 e. The first-order valence-electron chi connectivity index (χ1n) is 6.50. The largest absolute Gasteiger partial charge is 0.478 e. The molecule has 0 saturated heterocycles. The van der Waals surface area contributed by atoms with Crippen LogP contribution in [0.4, 0.5) is 18.9 Å². The van der Waals surface area contributed by atoms with Crippen molar-refractivity contribution >= 4 is 17.6 Å². The molecule has 0 atom stereocenters. The molecule has 1 N–H and O–H groups in total. The van der Waals surface area contributed by atoms with Gasteiger partial charge < -0.3 is 10.0 Å². The smallest absolute Gasteiger partial charge is 0.417 e. The predicted octanol–water partition coefficient (Wildman–Crippen LogP) is 3.68. The van der Waals surface area contributed by atoms with Crippen molar-refractivity contribution < 1.29 is 27.9 Å². The van der Waals surface area contributed by atoms with E-state index in [0.29, 0.717) is 0 Å². The Hall–Kier alpha value is -2.83. The summed E-state index contributed by atoms with van der Waals surface area (Å²) in [5.74, 6) is -2.21. The van der Waals surface area contributed by atoms with Gasteiger partial charge in [0.05, 0.1) is 22.4 Å². The summed E-state index contributed by atoms with van der Waals surface area (Å²) in [7, 11) is 1.23. The van der Waals surface area contributed by atoms with E-state index in [1.165, 1.54) is 43.4 Å². The second-order valence-corrected chi connectivity index (χ2v) is 4.73. The van der Waals surface area contributed by atoms with E-state index < -0.39 is 29.2 Å². The molecule has 1 amide bonds. The van der Waals surface area contributed by atoms with E-state index in [2.05, 4.69) is 0 Å². The number of hydrogen-bond acceptors (Lipinski definition) is 2. The molecule has 2 aromatic rings. The topological polar surface area (TPSA) is 57.6 Å². The Morgan fingerprint density at radius 3 is 2.04 bits per heavy atom. The maximum atomic E-state index is 13.0. The number of carboxylic acids is 1. The van der Waals surface area contributed by atoms with Crippen LogP contribution in [0.15, 0.2) is 48.5 Å². The van der Waals surface area contributed by atoms with Crippen molar-refractivity contribution in [3.8, 4) is 0 Å². The lowest BCUT2D eigenvalue weighted by Gasteiger charge is -2.21. The molecule has 0 aliphatic carbocycles. The molecule has 0 saturated carbocycles. The molecular formula is C16H12F3NO3. The summed E-state index contributed by atoms with van der Waals surface area (Å²) < 4.78 is 39.1. The normalized spacial score (nSPS) is 11.1. The first-order chi connectivity index (χ1) is 10.7. The third kappa shape index (κ3) is 3.33. The van der Waals surface area contributed by atoms with Gasteiger partial charge in [-0.1, -0.05) is 24.3 Å². The highest BCUT2D eigenvalue weighted by Gasteiger charge is 2.35. The minimum atomic E-state index is -4.68. The number of amides is 1.